The minimum Gasteiger partial charge on any atom is -0.452 e. The third kappa shape index (κ3) is 7.27. The molecule has 0 saturated carbocycles. The van der Waals surface area contributed by atoms with Crippen LogP contribution in [0.25, 0.3) is 0 Å². The largest absolute Gasteiger partial charge is 0.452 e. The lowest BCUT2D eigenvalue weighted by molar-refractivity contribution is -0.150. The van der Waals surface area contributed by atoms with Crippen LogP contribution in [0.4, 0.5) is 15.8 Å². The number of carbonyl (C=O) groups excluding carboxylic acids is 3. The van der Waals surface area contributed by atoms with Crippen LogP contribution in [-0.4, -0.2) is 35.4 Å². The molecule has 2 amide bonds. The van der Waals surface area contributed by atoms with Crippen LogP contribution >= 0.6 is 11.8 Å². The van der Waals surface area contributed by atoms with Gasteiger partial charge in [-0.15, -0.1) is 11.8 Å². The van der Waals surface area contributed by atoms with Crippen LogP contribution in [0.15, 0.2) is 48.5 Å². The maximum absolute atomic E-state index is 13.5. The average Bonchev–Trinajstić information content (AvgIpc) is 2.70. The maximum atomic E-state index is 13.5. The minimum absolute atomic E-state index is 0.0637. The van der Waals surface area contributed by atoms with E-state index in [0.29, 0.717) is 11.3 Å². The molecule has 0 heterocycles. The number of carbonyl (C=O) groups is 3. The Morgan fingerprint density at radius 2 is 1.79 bits per heavy atom. The van der Waals surface area contributed by atoms with Gasteiger partial charge >= 0.3 is 5.97 Å². The number of ether oxygens (including phenoxy) is 1. The zero-order valence-electron chi connectivity index (χ0n) is 15.5. The molecule has 0 fully saturated rings. The molecule has 0 aliphatic carbocycles. The molecule has 0 spiro atoms. The standard InChI is InChI=1S/C20H18FN3O4S/c1-13(20(27)23-15-8-6-14(10-22)7-9-15)28-19(26)12-29-11-18(25)24-17-5-3-2-4-16(17)21/h2-9,13H,11-12H2,1H3,(H,23,27)(H,24,25)/t13-/m1/s1. The first-order valence-electron chi connectivity index (χ1n) is 8.51. The summed E-state index contributed by atoms with van der Waals surface area (Å²) in [5.41, 5.74) is 0.989. The average molecular weight is 415 g/mol. The second kappa shape index (κ2) is 10.8. The molecule has 7 nitrogen and oxygen atoms in total. The summed E-state index contributed by atoms with van der Waals surface area (Å²) in [7, 11) is 0. The molecule has 0 aromatic heterocycles. The van der Waals surface area contributed by atoms with E-state index in [4.69, 9.17) is 10.00 Å². The van der Waals surface area contributed by atoms with Crippen molar-refractivity contribution in [1.82, 2.24) is 0 Å². The molecule has 0 aliphatic rings. The van der Waals surface area contributed by atoms with Crippen molar-refractivity contribution in [2.45, 2.75) is 13.0 Å². The fourth-order valence-electron chi connectivity index (χ4n) is 2.13. The molecule has 29 heavy (non-hydrogen) atoms. The van der Waals surface area contributed by atoms with E-state index in [1.165, 1.54) is 25.1 Å². The number of hydrogen-bond acceptors (Lipinski definition) is 6. The highest BCUT2D eigenvalue weighted by molar-refractivity contribution is 8.00. The first-order valence-corrected chi connectivity index (χ1v) is 9.67. The highest BCUT2D eigenvalue weighted by Crippen LogP contribution is 2.13. The van der Waals surface area contributed by atoms with E-state index in [-0.39, 0.29) is 17.2 Å². The molecule has 0 radical (unpaired) electrons. The first kappa shape index (κ1) is 21.9. The van der Waals surface area contributed by atoms with Gasteiger partial charge in [-0.3, -0.25) is 14.4 Å². The lowest BCUT2D eigenvalue weighted by Gasteiger charge is -2.13. The molecule has 0 bridgehead atoms. The third-order valence-electron chi connectivity index (χ3n) is 3.56. The van der Waals surface area contributed by atoms with Gasteiger partial charge in [-0.1, -0.05) is 12.1 Å². The molecule has 2 rings (SSSR count). The fourth-order valence-corrected chi connectivity index (χ4v) is 2.73. The second-order valence-corrected chi connectivity index (χ2v) is 6.82. The van der Waals surface area contributed by atoms with E-state index in [9.17, 15) is 18.8 Å². The predicted molar refractivity (Wildman–Crippen MR) is 108 cm³/mol. The van der Waals surface area contributed by atoms with Crippen molar-refractivity contribution in [2.24, 2.45) is 0 Å². The molecule has 2 aromatic carbocycles. The number of hydrogen-bond donors (Lipinski definition) is 2. The minimum atomic E-state index is -1.04. The van der Waals surface area contributed by atoms with Gasteiger partial charge in [0, 0.05) is 5.69 Å². The van der Waals surface area contributed by atoms with E-state index in [0.717, 1.165) is 11.8 Å². The zero-order chi connectivity index (χ0) is 21.2. The molecule has 0 aliphatic heterocycles. The fraction of sp³-hybridized carbons (Fsp3) is 0.200. The number of nitrogens with zero attached hydrogens (tertiary/aromatic N) is 1. The van der Waals surface area contributed by atoms with Gasteiger partial charge in [-0.2, -0.15) is 5.26 Å². The molecule has 0 unspecified atom stereocenters. The van der Waals surface area contributed by atoms with Crippen LogP contribution in [0.2, 0.25) is 0 Å². The van der Waals surface area contributed by atoms with Crippen LogP contribution in [-0.2, 0) is 19.1 Å². The van der Waals surface area contributed by atoms with E-state index in [2.05, 4.69) is 10.6 Å². The number of para-hydroxylation sites is 1. The van der Waals surface area contributed by atoms with Crippen LogP contribution < -0.4 is 10.6 Å². The Labute approximate surface area is 171 Å². The van der Waals surface area contributed by atoms with E-state index in [1.807, 2.05) is 6.07 Å². The summed E-state index contributed by atoms with van der Waals surface area (Å²) in [6, 6.07) is 14.0. The molecule has 1 atom stereocenters. The number of nitrogens with one attached hydrogen (secondary N) is 2. The van der Waals surface area contributed by atoms with Crippen molar-refractivity contribution in [2.75, 3.05) is 22.1 Å². The Morgan fingerprint density at radius 3 is 2.45 bits per heavy atom. The van der Waals surface area contributed by atoms with Gasteiger partial charge in [0.05, 0.1) is 28.8 Å². The van der Waals surface area contributed by atoms with Gasteiger partial charge in [0.15, 0.2) is 6.10 Å². The SMILES string of the molecule is C[C@@H](OC(=O)CSCC(=O)Nc1ccccc1F)C(=O)Nc1ccc(C#N)cc1. The van der Waals surface area contributed by atoms with E-state index in [1.54, 1.807) is 30.3 Å². The Balaban J connectivity index is 1.71. The quantitative estimate of drug-likeness (QED) is 0.642. The van der Waals surface area contributed by atoms with E-state index < -0.39 is 29.7 Å². The topological polar surface area (TPSA) is 108 Å². The van der Waals surface area contributed by atoms with Gasteiger partial charge in [0.1, 0.15) is 5.82 Å². The molecule has 9 heteroatoms. The number of esters is 1. The highest BCUT2D eigenvalue weighted by atomic mass is 32.2. The van der Waals surface area contributed by atoms with Gasteiger partial charge in [0.2, 0.25) is 5.91 Å². The van der Waals surface area contributed by atoms with Crippen LogP contribution in [0.3, 0.4) is 0 Å². The van der Waals surface area contributed by atoms with Crippen molar-refractivity contribution in [3.63, 3.8) is 0 Å². The predicted octanol–water partition coefficient (Wildman–Crippen LogP) is 2.94. The van der Waals surface area contributed by atoms with Crippen LogP contribution in [0, 0.1) is 17.1 Å². The second-order valence-electron chi connectivity index (χ2n) is 5.83. The number of halogens is 1. The number of nitriles is 1. The van der Waals surface area contributed by atoms with E-state index >= 15 is 0 Å². The number of anilines is 2. The van der Waals surface area contributed by atoms with Gasteiger partial charge < -0.3 is 15.4 Å². The van der Waals surface area contributed by atoms with Crippen molar-refractivity contribution < 1.29 is 23.5 Å². The first-order chi connectivity index (χ1) is 13.9. The normalized spacial score (nSPS) is 11.1. The summed E-state index contributed by atoms with van der Waals surface area (Å²) in [5, 5.41) is 13.7. The van der Waals surface area contributed by atoms with Crippen LogP contribution in [0.5, 0.6) is 0 Å². The summed E-state index contributed by atoms with van der Waals surface area (Å²) >= 11 is 0.985. The molecular weight excluding hydrogens is 397 g/mol. The maximum Gasteiger partial charge on any atom is 0.316 e. The summed E-state index contributed by atoms with van der Waals surface area (Å²) in [6.07, 6.45) is -1.04. The zero-order valence-corrected chi connectivity index (χ0v) is 16.3. The van der Waals surface area contributed by atoms with Crippen molar-refractivity contribution in [3.05, 3.63) is 59.9 Å². The van der Waals surface area contributed by atoms with Crippen molar-refractivity contribution in [3.8, 4) is 6.07 Å². The number of amides is 2. The molecular formula is C20H18FN3O4S. The summed E-state index contributed by atoms with van der Waals surface area (Å²) in [5.74, 6) is -2.40. The number of rotatable bonds is 8. The molecule has 2 aromatic rings. The lowest BCUT2D eigenvalue weighted by Crippen LogP contribution is -2.30. The highest BCUT2D eigenvalue weighted by Gasteiger charge is 2.18. The van der Waals surface area contributed by atoms with Crippen molar-refractivity contribution in [1.29, 1.82) is 5.26 Å². The smallest absolute Gasteiger partial charge is 0.316 e. The van der Waals surface area contributed by atoms with Gasteiger partial charge in [-0.25, -0.2) is 4.39 Å². The molecule has 0 saturated heterocycles. The number of thioether (sulfide) groups is 1. The Morgan fingerprint density at radius 1 is 1.10 bits per heavy atom. The number of benzene rings is 2. The summed E-state index contributed by atoms with van der Waals surface area (Å²) < 4.78 is 18.5. The molecule has 2 N–H and O–H groups in total. The van der Waals surface area contributed by atoms with Gasteiger partial charge in [0.25, 0.3) is 5.91 Å². The summed E-state index contributed by atoms with van der Waals surface area (Å²) in [4.78, 5) is 35.7. The lowest BCUT2D eigenvalue weighted by atomic mass is 10.2. The Hall–Kier alpha value is -3.38. The van der Waals surface area contributed by atoms with Crippen molar-refractivity contribution >= 4 is 40.9 Å². The van der Waals surface area contributed by atoms with Crippen LogP contribution in [0.1, 0.15) is 12.5 Å². The Bertz CT molecular complexity index is 928. The Kier molecular flexibility index (Phi) is 8.18. The molecule has 150 valence electrons. The summed E-state index contributed by atoms with van der Waals surface area (Å²) in [6.45, 7) is 1.42. The third-order valence-corrected chi connectivity index (χ3v) is 4.47. The monoisotopic (exact) mass is 415 g/mol. The van der Waals surface area contributed by atoms with Gasteiger partial charge in [-0.05, 0) is 43.3 Å².